The number of halogens is 4. The van der Waals surface area contributed by atoms with Crippen LogP contribution in [-0.2, 0) is 9.59 Å². The number of anilines is 1. The summed E-state index contributed by atoms with van der Waals surface area (Å²) in [7, 11) is 0. The Morgan fingerprint density at radius 2 is 1.37 bits per heavy atom. The molecule has 142 valence electrons. The fourth-order valence-corrected chi connectivity index (χ4v) is 4.52. The molecule has 0 N–H and O–H groups in total. The van der Waals surface area contributed by atoms with E-state index in [1.807, 2.05) is 12.2 Å². The number of alkyl halides is 4. The molecule has 5 aliphatic rings. The first-order chi connectivity index (χ1) is 12.7. The molecular formula is C18H13F4NO4. The summed E-state index contributed by atoms with van der Waals surface area (Å²) in [6, 6.07) is 3.16. The number of rotatable bonds is 1. The van der Waals surface area contributed by atoms with Crippen molar-refractivity contribution in [3.8, 4) is 11.5 Å². The molecule has 1 saturated carbocycles. The van der Waals surface area contributed by atoms with Crippen LogP contribution in [0.15, 0.2) is 30.4 Å². The highest BCUT2D eigenvalue weighted by Crippen LogP contribution is 2.52. The molecule has 5 nitrogen and oxygen atoms in total. The van der Waals surface area contributed by atoms with E-state index in [-0.39, 0.29) is 17.5 Å². The predicted octanol–water partition coefficient (Wildman–Crippen LogP) is 3.35. The fourth-order valence-electron chi connectivity index (χ4n) is 4.52. The first-order valence-electron chi connectivity index (χ1n) is 8.53. The second kappa shape index (κ2) is 5.02. The summed E-state index contributed by atoms with van der Waals surface area (Å²) in [6.45, 7) is 0. The highest BCUT2D eigenvalue weighted by Gasteiger charge is 2.66. The topological polar surface area (TPSA) is 55.8 Å². The summed E-state index contributed by atoms with van der Waals surface area (Å²) in [5.41, 5.74) is 0.00201. The van der Waals surface area contributed by atoms with E-state index >= 15 is 0 Å². The molecule has 0 radical (unpaired) electrons. The van der Waals surface area contributed by atoms with Crippen molar-refractivity contribution in [3.63, 3.8) is 0 Å². The van der Waals surface area contributed by atoms with Gasteiger partial charge in [-0.05, 0) is 36.8 Å². The molecule has 2 amide bonds. The van der Waals surface area contributed by atoms with Gasteiger partial charge in [-0.15, -0.1) is 0 Å². The van der Waals surface area contributed by atoms with Gasteiger partial charge in [-0.25, -0.2) is 4.90 Å². The van der Waals surface area contributed by atoms with Crippen LogP contribution < -0.4 is 14.4 Å². The van der Waals surface area contributed by atoms with Gasteiger partial charge in [-0.3, -0.25) is 9.59 Å². The van der Waals surface area contributed by atoms with Gasteiger partial charge in [0.1, 0.15) is 0 Å². The normalized spacial score (nSPS) is 34.7. The van der Waals surface area contributed by atoms with Gasteiger partial charge in [-0.2, -0.15) is 17.6 Å². The molecule has 2 bridgehead atoms. The van der Waals surface area contributed by atoms with Crippen molar-refractivity contribution < 1.29 is 36.6 Å². The Morgan fingerprint density at radius 3 is 1.89 bits per heavy atom. The van der Waals surface area contributed by atoms with Crippen molar-refractivity contribution in [2.75, 3.05) is 4.90 Å². The third kappa shape index (κ3) is 2.11. The monoisotopic (exact) mass is 383 g/mol. The van der Waals surface area contributed by atoms with E-state index < -0.39 is 47.4 Å². The molecule has 4 atom stereocenters. The molecular weight excluding hydrogens is 370 g/mol. The number of hydrogen-bond donors (Lipinski definition) is 0. The molecule has 3 aliphatic carbocycles. The lowest BCUT2D eigenvalue weighted by Gasteiger charge is -2.38. The minimum absolute atomic E-state index is 0.00201. The Labute approximate surface area is 150 Å². The van der Waals surface area contributed by atoms with E-state index in [2.05, 4.69) is 9.47 Å². The van der Waals surface area contributed by atoms with Crippen LogP contribution in [-0.4, -0.2) is 24.0 Å². The van der Waals surface area contributed by atoms with Crippen LogP contribution >= 0.6 is 0 Å². The molecule has 0 spiro atoms. The number of fused-ring (bicyclic) bond motifs is 2. The Bertz CT molecular complexity index is 867. The molecule has 27 heavy (non-hydrogen) atoms. The SMILES string of the molecule is O=C1[C@@H]2[C@H](C(=O)N1c1ccc3c(c1)OC(F)(F)C(F)(F)O3)[C@@H]1C=C[C@H]2CC1. The summed E-state index contributed by atoms with van der Waals surface area (Å²) in [4.78, 5) is 26.7. The van der Waals surface area contributed by atoms with E-state index in [1.165, 1.54) is 6.07 Å². The van der Waals surface area contributed by atoms with E-state index in [0.717, 1.165) is 29.9 Å². The lowest BCUT2D eigenvalue weighted by Crippen LogP contribution is -2.52. The number of allylic oxidation sites excluding steroid dienone is 2. The minimum atomic E-state index is -4.87. The maximum absolute atomic E-state index is 13.4. The van der Waals surface area contributed by atoms with Crippen molar-refractivity contribution in [1.29, 1.82) is 0 Å². The first-order valence-corrected chi connectivity index (χ1v) is 8.53. The number of imide groups is 1. The van der Waals surface area contributed by atoms with Crippen LogP contribution in [0.3, 0.4) is 0 Å². The maximum Gasteiger partial charge on any atom is 0.507 e. The third-order valence-electron chi connectivity index (χ3n) is 5.76. The van der Waals surface area contributed by atoms with E-state index in [4.69, 9.17) is 0 Å². The zero-order valence-electron chi connectivity index (χ0n) is 13.7. The number of carbonyl (C=O) groups is 2. The van der Waals surface area contributed by atoms with Gasteiger partial charge in [0, 0.05) is 6.07 Å². The molecule has 2 heterocycles. The molecule has 1 aromatic rings. The van der Waals surface area contributed by atoms with Gasteiger partial charge < -0.3 is 9.47 Å². The first kappa shape index (κ1) is 16.6. The van der Waals surface area contributed by atoms with Gasteiger partial charge in [0.25, 0.3) is 0 Å². The summed E-state index contributed by atoms with van der Waals surface area (Å²) in [6.07, 6.45) is -4.14. The molecule has 1 saturated heterocycles. The predicted molar refractivity (Wildman–Crippen MR) is 82.4 cm³/mol. The van der Waals surface area contributed by atoms with E-state index in [1.54, 1.807) is 0 Å². The van der Waals surface area contributed by atoms with Crippen molar-refractivity contribution in [2.45, 2.75) is 25.1 Å². The van der Waals surface area contributed by atoms with Gasteiger partial charge in [-0.1, -0.05) is 12.2 Å². The van der Waals surface area contributed by atoms with Crippen molar-refractivity contribution >= 4 is 17.5 Å². The van der Waals surface area contributed by atoms with Crippen LogP contribution in [0, 0.1) is 23.7 Å². The van der Waals surface area contributed by atoms with Crippen molar-refractivity contribution in [2.24, 2.45) is 23.7 Å². The molecule has 0 aromatic heterocycles. The number of ether oxygens (including phenoxy) is 2. The molecule has 9 heteroatoms. The van der Waals surface area contributed by atoms with Crippen LogP contribution in [0.5, 0.6) is 11.5 Å². The summed E-state index contributed by atoms with van der Waals surface area (Å²) >= 11 is 0. The maximum atomic E-state index is 13.4. The average Bonchev–Trinajstić information content (AvgIpc) is 2.89. The zero-order chi connectivity index (χ0) is 19.1. The molecule has 1 aromatic carbocycles. The quantitative estimate of drug-likeness (QED) is 0.424. The molecule has 6 rings (SSSR count). The van der Waals surface area contributed by atoms with Gasteiger partial charge in [0.2, 0.25) is 11.8 Å². The third-order valence-corrected chi connectivity index (χ3v) is 5.76. The van der Waals surface area contributed by atoms with Crippen LogP contribution in [0.25, 0.3) is 0 Å². The summed E-state index contributed by atoms with van der Waals surface area (Å²) in [5.74, 6) is -3.05. The Hall–Kier alpha value is -2.58. The Kier molecular flexibility index (Phi) is 3.08. The summed E-state index contributed by atoms with van der Waals surface area (Å²) in [5, 5.41) is 0. The number of hydrogen-bond acceptors (Lipinski definition) is 4. The Morgan fingerprint density at radius 1 is 0.852 bits per heavy atom. The standard InChI is InChI=1S/C18H13F4NO4/c19-17(20)18(21,22)27-12-7-10(5-6-11(12)26-17)23-15(24)13-8-1-2-9(4-3-8)14(13)16(23)25/h1-2,5-9,13-14H,3-4H2/t8-,9+,13-,14+. The van der Waals surface area contributed by atoms with Gasteiger partial charge in [0.05, 0.1) is 17.5 Å². The largest absolute Gasteiger partial charge is 0.507 e. The second-order valence-corrected chi connectivity index (χ2v) is 7.22. The Balaban J connectivity index is 1.52. The van der Waals surface area contributed by atoms with E-state index in [9.17, 15) is 27.2 Å². The van der Waals surface area contributed by atoms with E-state index in [0.29, 0.717) is 0 Å². The smallest absolute Gasteiger partial charge is 0.421 e. The fraction of sp³-hybridized carbons (Fsp3) is 0.444. The second-order valence-electron chi connectivity index (χ2n) is 7.22. The molecule has 2 fully saturated rings. The average molecular weight is 383 g/mol. The molecule has 0 unspecified atom stereocenters. The lowest BCUT2D eigenvalue weighted by molar-refractivity contribution is -0.391. The van der Waals surface area contributed by atoms with Crippen molar-refractivity contribution in [3.05, 3.63) is 30.4 Å². The highest BCUT2D eigenvalue weighted by atomic mass is 19.3. The lowest BCUT2D eigenvalue weighted by atomic mass is 9.63. The van der Waals surface area contributed by atoms with Gasteiger partial charge in [0.15, 0.2) is 11.5 Å². The number of amides is 2. The zero-order valence-corrected chi connectivity index (χ0v) is 13.7. The van der Waals surface area contributed by atoms with Crippen LogP contribution in [0.2, 0.25) is 0 Å². The highest BCUT2D eigenvalue weighted by molar-refractivity contribution is 6.22. The van der Waals surface area contributed by atoms with Crippen molar-refractivity contribution in [1.82, 2.24) is 0 Å². The summed E-state index contributed by atoms with van der Waals surface area (Å²) < 4.78 is 61.5. The number of benzene rings is 1. The van der Waals surface area contributed by atoms with Gasteiger partial charge >= 0.3 is 12.2 Å². The van der Waals surface area contributed by atoms with Crippen LogP contribution in [0.1, 0.15) is 12.8 Å². The number of nitrogens with zero attached hydrogens (tertiary/aromatic N) is 1. The molecule has 2 aliphatic heterocycles. The minimum Gasteiger partial charge on any atom is -0.421 e. The number of carbonyl (C=O) groups excluding carboxylic acids is 2. The van der Waals surface area contributed by atoms with Crippen LogP contribution in [0.4, 0.5) is 23.2 Å².